The minimum absolute atomic E-state index is 0.0307. The van der Waals surface area contributed by atoms with Crippen LogP contribution in [0.4, 0.5) is 5.69 Å². The zero-order chi connectivity index (χ0) is 24.1. The van der Waals surface area contributed by atoms with Gasteiger partial charge in [-0.25, -0.2) is 4.98 Å². The molecule has 0 unspecified atom stereocenters. The highest BCUT2D eigenvalue weighted by Crippen LogP contribution is 2.35. The van der Waals surface area contributed by atoms with E-state index in [1.165, 1.54) is 11.3 Å². The van der Waals surface area contributed by atoms with Gasteiger partial charge in [-0.05, 0) is 36.8 Å². The standard InChI is InChI=1S/C25H26N6O3S/c1-15-8-10-29(12-15)24(33)19-14-35-23(27-19)20-7-4-9-30(20)25(34)18-11-21-22(32)26-17-6-3-2-5-16(17)13-31(21)28-18/h2-3,5-6,11,14-15,20H,4,7-10,12-13H2,1H3,(H,26,32)/t15-,20-/m0/s1. The van der Waals surface area contributed by atoms with Gasteiger partial charge in [0.2, 0.25) is 0 Å². The van der Waals surface area contributed by atoms with Crippen LogP contribution >= 0.6 is 11.3 Å². The highest BCUT2D eigenvalue weighted by molar-refractivity contribution is 7.09. The second-order valence-electron chi connectivity index (χ2n) is 9.56. The molecule has 0 saturated carbocycles. The summed E-state index contributed by atoms with van der Waals surface area (Å²) in [6, 6.07) is 8.97. The average Bonchev–Trinajstić information content (AvgIpc) is 3.64. The maximum atomic E-state index is 13.5. The van der Waals surface area contributed by atoms with Crippen LogP contribution in [0.15, 0.2) is 35.7 Å². The maximum absolute atomic E-state index is 13.5. The number of rotatable bonds is 3. The average molecular weight is 491 g/mol. The van der Waals surface area contributed by atoms with E-state index in [4.69, 9.17) is 0 Å². The number of para-hydroxylation sites is 1. The number of thiazole rings is 1. The molecule has 3 aromatic rings. The number of nitrogens with zero attached hydrogens (tertiary/aromatic N) is 5. The van der Waals surface area contributed by atoms with Crippen LogP contribution in [-0.2, 0) is 6.54 Å². The van der Waals surface area contributed by atoms with Crippen molar-refractivity contribution < 1.29 is 14.4 Å². The van der Waals surface area contributed by atoms with Crippen molar-refractivity contribution in [2.75, 3.05) is 25.0 Å². The minimum Gasteiger partial charge on any atom is -0.337 e. The highest BCUT2D eigenvalue weighted by Gasteiger charge is 2.36. The summed E-state index contributed by atoms with van der Waals surface area (Å²) in [6.45, 7) is 4.69. The topological polar surface area (TPSA) is 100 Å². The summed E-state index contributed by atoms with van der Waals surface area (Å²) < 4.78 is 1.59. The van der Waals surface area contributed by atoms with Crippen LogP contribution < -0.4 is 5.32 Å². The van der Waals surface area contributed by atoms with Gasteiger partial charge in [-0.2, -0.15) is 5.10 Å². The van der Waals surface area contributed by atoms with E-state index in [-0.39, 0.29) is 29.5 Å². The predicted molar refractivity (Wildman–Crippen MR) is 131 cm³/mol. The summed E-state index contributed by atoms with van der Waals surface area (Å²) in [4.78, 5) is 47.4. The Balaban J connectivity index is 1.23. The molecule has 2 saturated heterocycles. The molecule has 180 valence electrons. The molecule has 6 rings (SSSR count). The second kappa shape index (κ2) is 8.60. The van der Waals surface area contributed by atoms with Gasteiger partial charge in [0.15, 0.2) is 5.69 Å². The molecule has 5 heterocycles. The first-order valence-corrected chi connectivity index (χ1v) is 12.9. The number of benzene rings is 1. The Morgan fingerprint density at radius 1 is 1.11 bits per heavy atom. The number of amides is 3. The fourth-order valence-electron chi connectivity index (χ4n) is 5.19. The van der Waals surface area contributed by atoms with Crippen molar-refractivity contribution in [2.45, 2.75) is 38.8 Å². The van der Waals surface area contributed by atoms with E-state index in [0.717, 1.165) is 48.6 Å². The largest absolute Gasteiger partial charge is 0.337 e. The van der Waals surface area contributed by atoms with Crippen molar-refractivity contribution in [1.29, 1.82) is 0 Å². The summed E-state index contributed by atoms with van der Waals surface area (Å²) in [6.07, 6.45) is 2.66. The first-order chi connectivity index (χ1) is 17.0. The summed E-state index contributed by atoms with van der Waals surface area (Å²) >= 11 is 1.43. The molecule has 0 spiro atoms. The molecule has 1 N–H and O–H groups in total. The maximum Gasteiger partial charge on any atom is 0.274 e. The quantitative estimate of drug-likeness (QED) is 0.606. The van der Waals surface area contributed by atoms with Gasteiger partial charge in [-0.1, -0.05) is 25.1 Å². The summed E-state index contributed by atoms with van der Waals surface area (Å²) in [7, 11) is 0. The van der Waals surface area contributed by atoms with E-state index in [2.05, 4.69) is 22.3 Å². The Labute approximate surface area is 206 Å². The van der Waals surface area contributed by atoms with Gasteiger partial charge in [-0.15, -0.1) is 11.3 Å². The van der Waals surface area contributed by atoms with Crippen molar-refractivity contribution in [3.63, 3.8) is 0 Å². The van der Waals surface area contributed by atoms with Gasteiger partial charge in [-0.3, -0.25) is 19.1 Å². The molecule has 2 aromatic heterocycles. The number of likely N-dealkylation sites (tertiary alicyclic amines) is 2. The number of anilines is 1. The van der Waals surface area contributed by atoms with E-state index in [1.54, 1.807) is 15.6 Å². The molecule has 35 heavy (non-hydrogen) atoms. The zero-order valence-corrected chi connectivity index (χ0v) is 20.3. The lowest BCUT2D eigenvalue weighted by Crippen LogP contribution is -2.31. The SMILES string of the molecule is C[C@H]1CCN(C(=O)c2csc([C@@H]3CCCN3C(=O)c3cc4n(n3)Cc3ccccc3NC4=O)n2)C1. The van der Waals surface area contributed by atoms with E-state index in [1.807, 2.05) is 34.5 Å². The van der Waals surface area contributed by atoms with E-state index < -0.39 is 0 Å². The van der Waals surface area contributed by atoms with Gasteiger partial charge in [0.1, 0.15) is 16.4 Å². The summed E-state index contributed by atoms with van der Waals surface area (Å²) in [5, 5.41) is 10.0. The Bertz CT molecular complexity index is 1330. The van der Waals surface area contributed by atoms with Gasteiger partial charge in [0.25, 0.3) is 17.7 Å². The molecule has 10 heteroatoms. The third kappa shape index (κ3) is 3.91. The first kappa shape index (κ1) is 22.0. The van der Waals surface area contributed by atoms with Crippen LogP contribution in [0.5, 0.6) is 0 Å². The summed E-state index contributed by atoms with van der Waals surface area (Å²) in [5.41, 5.74) is 2.77. The Morgan fingerprint density at radius 2 is 1.97 bits per heavy atom. The van der Waals surface area contributed by atoms with Crippen molar-refractivity contribution in [3.05, 3.63) is 63.4 Å². The fraction of sp³-hybridized carbons (Fsp3) is 0.400. The number of fused-ring (bicyclic) bond motifs is 2. The number of carbonyl (C=O) groups is 3. The molecule has 3 amide bonds. The lowest BCUT2D eigenvalue weighted by molar-refractivity contribution is 0.0728. The molecule has 3 aliphatic heterocycles. The van der Waals surface area contributed by atoms with Crippen LogP contribution in [0.25, 0.3) is 0 Å². The molecule has 0 bridgehead atoms. The van der Waals surface area contributed by atoms with Crippen LogP contribution in [0.3, 0.4) is 0 Å². The monoisotopic (exact) mass is 490 g/mol. The van der Waals surface area contributed by atoms with Crippen LogP contribution in [-0.4, -0.2) is 61.9 Å². The molecule has 9 nitrogen and oxygen atoms in total. The third-order valence-corrected chi connectivity index (χ3v) is 8.01. The van der Waals surface area contributed by atoms with Crippen molar-refractivity contribution in [2.24, 2.45) is 5.92 Å². The van der Waals surface area contributed by atoms with E-state index in [0.29, 0.717) is 30.4 Å². The minimum atomic E-state index is -0.279. The smallest absolute Gasteiger partial charge is 0.274 e. The lowest BCUT2D eigenvalue weighted by atomic mass is 10.2. The number of nitrogens with one attached hydrogen (secondary N) is 1. The first-order valence-electron chi connectivity index (χ1n) is 12.0. The van der Waals surface area contributed by atoms with Crippen LogP contribution in [0, 0.1) is 5.92 Å². The predicted octanol–water partition coefficient (Wildman–Crippen LogP) is 3.41. The molecule has 2 fully saturated rings. The number of hydrogen-bond acceptors (Lipinski definition) is 6. The second-order valence-corrected chi connectivity index (χ2v) is 10.4. The molecular weight excluding hydrogens is 464 g/mol. The molecular formula is C25H26N6O3S. The third-order valence-electron chi connectivity index (χ3n) is 7.07. The highest BCUT2D eigenvalue weighted by atomic mass is 32.1. The normalized spacial score (nSPS) is 21.5. The molecule has 3 aliphatic rings. The van der Waals surface area contributed by atoms with Crippen LogP contribution in [0.2, 0.25) is 0 Å². The summed E-state index contributed by atoms with van der Waals surface area (Å²) in [5.74, 6) is -0.0122. The molecule has 2 atom stereocenters. The lowest BCUT2D eigenvalue weighted by Gasteiger charge is -2.22. The Hall–Kier alpha value is -3.53. The zero-order valence-electron chi connectivity index (χ0n) is 19.4. The van der Waals surface area contributed by atoms with E-state index in [9.17, 15) is 14.4 Å². The van der Waals surface area contributed by atoms with Crippen molar-refractivity contribution in [3.8, 4) is 0 Å². The fourth-order valence-corrected chi connectivity index (χ4v) is 6.13. The van der Waals surface area contributed by atoms with Crippen molar-refractivity contribution in [1.82, 2.24) is 24.6 Å². The number of carbonyl (C=O) groups excluding carboxylic acids is 3. The molecule has 1 aromatic carbocycles. The molecule has 0 aliphatic carbocycles. The molecule has 0 radical (unpaired) electrons. The van der Waals surface area contributed by atoms with Crippen LogP contribution in [0.1, 0.15) is 74.3 Å². The van der Waals surface area contributed by atoms with Gasteiger partial charge < -0.3 is 15.1 Å². The van der Waals surface area contributed by atoms with Gasteiger partial charge >= 0.3 is 0 Å². The van der Waals surface area contributed by atoms with Gasteiger partial charge in [0, 0.05) is 36.8 Å². The Morgan fingerprint density at radius 3 is 2.80 bits per heavy atom. The number of hydrogen-bond donors (Lipinski definition) is 1. The van der Waals surface area contributed by atoms with E-state index >= 15 is 0 Å². The Kier molecular flexibility index (Phi) is 5.40. The van der Waals surface area contributed by atoms with Crippen molar-refractivity contribution >= 4 is 34.7 Å². The number of aromatic nitrogens is 3. The van der Waals surface area contributed by atoms with Gasteiger partial charge in [0.05, 0.1) is 12.6 Å².